The van der Waals surface area contributed by atoms with Crippen LogP contribution in [0.4, 0.5) is 0 Å². The number of H-pyrrole nitrogens is 1. The normalized spacial score (nSPS) is 16.3. The first-order valence-electron chi connectivity index (χ1n) is 13.4. The molecule has 3 aromatic heterocycles. The van der Waals surface area contributed by atoms with Crippen LogP contribution in [-0.2, 0) is 24.4 Å². The fraction of sp³-hybridized carbons (Fsp3) is 0.333. The summed E-state index contributed by atoms with van der Waals surface area (Å²) >= 11 is 0. The molecule has 2 aromatic carbocycles. The van der Waals surface area contributed by atoms with Crippen molar-refractivity contribution in [1.82, 2.24) is 30.1 Å². The van der Waals surface area contributed by atoms with Crippen molar-refractivity contribution in [3.63, 3.8) is 0 Å². The van der Waals surface area contributed by atoms with Gasteiger partial charge in [0.05, 0.1) is 31.0 Å². The average molecular weight is 525 g/mol. The van der Waals surface area contributed by atoms with Gasteiger partial charge in [-0.3, -0.25) is 9.69 Å². The Morgan fingerprint density at radius 2 is 1.97 bits per heavy atom. The highest BCUT2D eigenvalue weighted by molar-refractivity contribution is 5.83. The molecule has 1 aliphatic heterocycles. The van der Waals surface area contributed by atoms with E-state index in [9.17, 15) is 4.79 Å². The van der Waals surface area contributed by atoms with Crippen LogP contribution < -0.4 is 5.56 Å². The Bertz CT molecular complexity index is 1600. The number of rotatable bonds is 9. The Labute approximate surface area is 226 Å². The van der Waals surface area contributed by atoms with Gasteiger partial charge in [-0.2, -0.15) is 0 Å². The molecule has 0 unspecified atom stereocenters. The van der Waals surface area contributed by atoms with Crippen molar-refractivity contribution in [2.45, 2.75) is 58.5 Å². The minimum absolute atomic E-state index is 0.0423. The SMILES string of the molecule is Cc1cc(C)c2[nH]c(=O)c([C@@H](c3nnnn3C[C@@H]3CCCO3)N(Cc3ccccc3)Cc3ccco3)cc2c1. The lowest BCUT2D eigenvalue weighted by Crippen LogP contribution is -2.35. The number of furan rings is 1. The van der Waals surface area contributed by atoms with E-state index in [1.165, 1.54) is 0 Å². The number of nitrogens with zero attached hydrogens (tertiary/aromatic N) is 5. The Morgan fingerprint density at radius 3 is 2.74 bits per heavy atom. The molecule has 2 atom stereocenters. The van der Waals surface area contributed by atoms with Crippen LogP contribution in [0.25, 0.3) is 10.9 Å². The summed E-state index contributed by atoms with van der Waals surface area (Å²) in [5.74, 6) is 1.39. The number of hydrogen-bond donors (Lipinski definition) is 1. The number of hydrogen-bond acceptors (Lipinski definition) is 7. The summed E-state index contributed by atoms with van der Waals surface area (Å²) in [7, 11) is 0. The molecule has 1 N–H and O–H groups in total. The molecule has 200 valence electrons. The maximum Gasteiger partial charge on any atom is 0.253 e. The van der Waals surface area contributed by atoms with Gasteiger partial charge in [-0.1, -0.05) is 42.0 Å². The predicted molar refractivity (Wildman–Crippen MR) is 147 cm³/mol. The van der Waals surface area contributed by atoms with Crippen molar-refractivity contribution in [3.8, 4) is 0 Å². The Morgan fingerprint density at radius 1 is 1.10 bits per heavy atom. The molecule has 0 amide bonds. The van der Waals surface area contributed by atoms with E-state index in [0.717, 1.165) is 52.8 Å². The number of fused-ring (bicyclic) bond motifs is 1. The number of ether oxygens (including phenoxy) is 1. The largest absolute Gasteiger partial charge is 0.468 e. The first-order chi connectivity index (χ1) is 19.0. The third-order valence-electron chi connectivity index (χ3n) is 7.35. The number of benzene rings is 2. The van der Waals surface area contributed by atoms with Gasteiger partial charge in [0.2, 0.25) is 0 Å². The Balaban J connectivity index is 1.52. The van der Waals surface area contributed by atoms with Crippen LogP contribution in [0.3, 0.4) is 0 Å². The maximum atomic E-state index is 13.8. The van der Waals surface area contributed by atoms with E-state index < -0.39 is 6.04 Å². The van der Waals surface area contributed by atoms with Gasteiger partial charge in [0, 0.05) is 18.7 Å². The van der Waals surface area contributed by atoms with Crippen LogP contribution in [0.15, 0.2) is 76.1 Å². The molecule has 5 aromatic rings. The van der Waals surface area contributed by atoms with Crippen LogP contribution in [-0.4, -0.2) is 42.8 Å². The van der Waals surface area contributed by atoms with Crippen molar-refractivity contribution < 1.29 is 9.15 Å². The first-order valence-corrected chi connectivity index (χ1v) is 13.4. The summed E-state index contributed by atoms with van der Waals surface area (Å²) in [4.78, 5) is 19.2. The molecule has 0 saturated carbocycles. The lowest BCUT2D eigenvalue weighted by molar-refractivity contribution is 0.0901. The summed E-state index contributed by atoms with van der Waals surface area (Å²) in [5.41, 5.74) is 4.53. The second-order valence-corrected chi connectivity index (χ2v) is 10.3. The summed E-state index contributed by atoms with van der Waals surface area (Å²) in [6.07, 6.45) is 3.69. The van der Waals surface area contributed by atoms with Crippen molar-refractivity contribution >= 4 is 10.9 Å². The van der Waals surface area contributed by atoms with Crippen molar-refractivity contribution in [2.24, 2.45) is 0 Å². The van der Waals surface area contributed by atoms with E-state index in [1.54, 1.807) is 10.9 Å². The Kier molecular flexibility index (Phi) is 7.08. The highest BCUT2D eigenvalue weighted by Gasteiger charge is 2.32. The highest BCUT2D eigenvalue weighted by atomic mass is 16.5. The average Bonchev–Trinajstić information content (AvgIpc) is 3.71. The number of tetrazole rings is 1. The minimum Gasteiger partial charge on any atom is -0.468 e. The fourth-order valence-electron chi connectivity index (χ4n) is 5.58. The summed E-state index contributed by atoms with van der Waals surface area (Å²) < 4.78 is 13.5. The van der Waals surface area contributed by atoms with Crippen molar-refractivity contribution in [1.29, 1.82) is 0 Å². The number of aromatic nitrogens is 5. The lowest BCUT2D eigenvalue weighted by Gasteiger charge is -2.30. The van der Waals surface area contributed by atoms with Gasteiger partial charge < -0.3 is 14.1 Å². The van der Waals surface area contributed by atoms with E-state index in [4.69, 9.17) is 9.15 Å². The molecular weight excluding hydrogens is 492 g/mol. The zero-order chi connectivity index (χ0) is 26.8. The Hall–Kier alpha value is -4.08. The molecule has 4 heterocycles. The third kappa shape index (κ3) is 5.41. The quantitative estimate of drug-likeness (QED) is 0.298. The molecule has 0 bridgehead atoms. The number of aryl methyl sites for hydroxylation is 2. The number of pyridine rings is 1. The molecule has 9 nitrogen and oxygen atoms in total. The van der Waals surface area contributed by atoms with E-state index in [1.807, 2.05) is 43.3 Å². The van der Waals surface area contributed by atoms with Crippen LogP contribution in [0.5, 0.6) is 0 Å². The second kappa shape index (κ2) is 11.0. The molecule has 1 aliphatic rings. The van der Waals surface area contributed by atoms with E-state index in [0.29, 0.717) is 31.0 Å². The second-order valence-electron chi connectivity index (χ2n) is 10.3. The summed E-state index contributed by atoms with van der Waals surface area (Å²) in [6, 6.07) is 19.7. The lowest BCUT2D eigenvalue weighted by atomic mass is 10.00. The standard InChI is InChI=1S/C30H32N6O3/c1-20-14-21(2)27-23(15-20)16-26(30(37)31-27)28(29-32-33-34-36(29)19-25-11-7-13-39-25)35(18-24-10-6-12-38-24)17-22-8-4-3-5-9-22/h3-6,8-10,12,14-16,25,28H,7,11,13,17-19H2,1-2H3,(H,31,37)/t25-,28-/m0/s1. The predicted octanol–water partition coefficient (Wildman–Crippen LogP) is 4.70. The smallest absolute Gasteiger partial charge is 0.253 e. The number of aromatic amines is 1. The van der Waals surface area contributed by atoms with E-state index >= 15 is 0 Å². The van der Waals surface area contributed by atoms with Gasteiger partial charge in [0.15, 0.2) is 5.82 Å². The summed E-state index contributed by atoms with van der Waals surface area (Å²) in [6.45, 7) is 6.38. The zero-order valence-electron chi connectivity index (χ0n) is 22.2. The zero-order valence-corrected chi connectivity index (χ0v) is 22.2. The molecule has 39 heavy (non-hydrogen) atoms. The third-order valence-corrected chi connectivity index (χ3v) is 7.35. The van der Waals surface area contributed by atoms with Gasteiger partial charge in [-0.15, -0.1) is 5.10 Å². The molecule has 1 saturated heterocycles. The first kappa shape index (κ1) is 25.2. The molecule has 9 heteroatoms. The van der Waals surface area contributed by atoms with Gasteiger partial charge in [-0.25, -0.2) is 4.68 Å². The van der Waals surface area contributed by atoms with Crippen LogP contribution in [0.2, 0.25) is 0 Å². The van der Waals surface area contributed by atoms with Crippen molar-refractivity contribution in [3.05, 3.63) is 111 Å². The highest BCUT2D eigenvalue weighted by Crippen LogP contribution is 2.31. The van der Waals surface area contributed by atoms with Gasteiger partial charge in [-0.05, 0) is 77.9 Å². The fourth-order valence-corrected chi connectivity index (χ4v) is 5.58. The molecule has 0 aliphatic carbocycles. The van der Waals surface area contributed by atoms with Gasteiger partial charge in [0.25, 0.3) is 5.56 Å². The van der Waals surface area contributed by atoms with Gasteiger partial charge in [0.1, 0.15) is 11.8 Å². The van der Waals surface area contributed by atoms with Crippen LogP contribution >= 0.6 is 0 Å². The van der Waals surface area contributed by atoms with E-state index in [-0.39, 0.29) is 11.7 Å². The van der Waals surface area contributed by atoms with E-state index in [2.05, 4.69) is 56.6 Å². The maximum absolute atomic E-state index is 13.8. The molecular formula is C30H32N6O3. The van der Waals surface area contributed by atoms with Crippen LogP contribution in [0, 0.1) is 13.8 Å². The summed E-state index contributed by atoms with van der Waals surface area (Å²) in [5, 5.41) is 13.9. The van der Waals surface area contributed by atoms with Crippen molar-refractivity contribution in [2.75, 3.05) is 6.61 Å². The van der Waals surface area contributed by atoms with Crippen LogP contribution in [0.1, 0.15) is 52.7 Å². The molecule has 6 rings (SSSR count). The minimum atomic E-state index is -0.541. The molecule has 0 spiro atoms. The van der Waals surface area contributed by atoms with Gasteiger partial charge >= 0.3 is 0 Å². The topological polar surface area (TPSA) is 102 Å². The number of nitrogens with one attached hydrogen (secondary N) is 1. The monoisotopic (exact) mass is 524 g/mol. The molecule has 0 radical (unpaired) electrons. The molecule has 1 fully saturated rings.